The molecule has 0 aliphatic heterocycles. The third-order valence-electron chi connectivity index (χ3n) is 2.63. The van der Waals surface area contributed by atoms with E-state index in [0.29, 0.717) is 0 Å². The fourth-order valence-electron chi connectivity index (χ4n) is 1.69. The first kappa shape index (κ1) is 13.0. The Bertz CT molecular complexity index is 459. The minimum atomic E-state index is 0.782. The first-order valence-electron chi connectivity index (χ1n) is 6.15. The summed E-state index contributed by atoms with van der Waals surface area (Å²) in [5.74, 6) is 0.991. The van der Waals surface area contributed by atoms with Crippen molar-refractivity contribution in [3.8, 4) is 0 Å². The van der Waals surface area contributed by atoms with Gasteiger partial charge in [-0.25, -0.2) is 0 Å². The van der Waals surface area contributed by atoms with Crippen LogP contribution in [-0.4, -0.2) is 15.5 Å². The second-order valence-electron chi connectivity index (χ2n) is 4.04. The highest BCUT2D eigenvalue weighted by atomic mass is 32.2. The fourth-order valence-corrected chi connectivity index (χ4v) is 2.61. The molecule has 0 aliphatic rings. The number of hydrogen-bond donors (Lipinski definition) is 0. The SMILES string of the molecule is [O-][n+]1ccccc1SCCCCCn1cccn1. The van der Waals surface area contributed by atoms with E-state index in [4.69, 9.17) is 0 Å². The highest BCUT2D eigenvalue weighted by molar-refractivity contribution is 7.99. The van der Waals surface area contributed by atoms with Crippen LogP contribution in [0.2, 0.25) is 0 Å². The quantitative estimate of drug-likeness (QED) is 0.334. The number of pyridine rings is 1. The number of aromatic nitrogens is 3. The third kappa shape index (κ3) is 4.07. The molecule has 0 amide bonds. The second-order valence-corrected chi connectivity index (χ2v) is 5.16. The molecule has 0 unspecified atom stereocenters. The Balaban J connectivity index is 1.58. The maximum Gasteiger partial charge on any atom is 0.251 e. The molecule has 0 aromatic carbocycles. The van der Waals surface area contributed by atoms with Crippen LogP contribution in [0.4, 0.5) is 0 Å². The van der Waals surface area contributed by atoms with Crippen molar-refractivity contribution >= 4 is 11.8 Å². The number of hydrogen-bond acceptors (Lipinski definition) is 3. The lowest BCUT2D eigenvalue weighted by Crippen LogP contribution is -2.27. The lowest BCUT2D eigenvalue weighted by molar-refractivity contribution is -0.645. The van der Waals surface area contributed by atoms with E-state index in [1.165, 1.54) is 6.42 Å². The van der Waals surface area contributed by atoms with Gasteiger partial charge in [0.25, 0.3) is 5.03 Å². The first-order valence-corrected chi connectivity index (χ1v) is 7.13. The zero-order valence-corrected chi connectivity index (χ0v) is 11.1. The zero-order chi connectivity index (χ0) is 12.6. The van der Waals surface area contributed by atoms with Gasteiger partial charge in [0.2, 0.25) is 0 Å². The molecule has 0 radical (unpaired) electrons. The van der Waals surface area contributed by atoms with Gasteiger partial charge in [0.15, 0.2) is 6.20 Å². The van der Waals surface area contributed by atoms with Crippen LogP contribution in [0.15, 0.2) is 47.9 Å². The molecule has 2 aromatic heterocycles. The summed E-state index contributed by atoms with van der Waals surface area (Å²) in [6, 6.07) is 7.45. The molecule has 4 nitrogen and oxygen atoms in total. The Morgan fingerprint density at radius 3 is 2.94 bits per heavy atom. The largest absolute Gasteiger partial charge is 0.618 e. The minimum Gasteiger partial charge on any atom is -0.618 e. The molecule has 0 saturated carbocycles. The number of unbranched alkanes of at least 4 members (excludes halogenated alkanes) is 2. The first-order chi connectivity index (χ1) is 8.86. The summed E-state index contributed by atoms with van der Waals surface area (Å²) in [5, 5.41) is 16.3. The number of rotatable bonds is 7. The molecule has 0 spiro atoms. The molecular weight excluding hydrogens is 246 g/mol. The molecule has 2 rings (SSSR count). The molecule has 2 heterocycles. The lowest BCUT2D eigenvalue weighted by Gasteiger charge is -2.03. The summed E-state index contributed by atoms with van der Waals surface area (Å²) in [6.45, 7) is 0.977. The van der Waals surface area contributed by atoms with Gasteiger partial charge >= 0.3 is 0 Å². The van der Waals surface area contributed by atoms with Crippen molar-refractivity contribution in [3.63, 3.8) is 0 Å². The Morgan fingerprint density at radius 2 is 2.17 bits per heavy atom. The molecule has 18 heavy (non-hydrogen) atoms. The monoisotopic (exact) mass is 263 g/mol. The predicted octanol–water partition coefficient (Wildman–Crippen LogP) is 2.48. The molecule has 96 valence electrons. The summed E-state index contributed by atoms with van der Waals surface area (Å²) in [5.41, 5.74) is 0. The maximum atomic E-state index is 11.4. The highest BCUT2D eigenvalue weighted by Crippen LogP contribution is 2.15. The van der Waals surface area contributed by atoms with E-state index in [9.17, 15) is 5.21 Å². The van der Waals surface area contributed by atoms with Gasteiger partial charge in [-0.1, -0.05) is 18.2 Å². The standard InChI is InChI=1S/C13H17N3OS/c17-16-11-4-2-7-13(16)18-12-5-1-3-9-15-10-6-8-14-15/h2,4,6-8,10-11H,1,3,5,9,12H2. The van der Waals surface area contributed by atoms with Crippen molar-refractivity contribution in [1.82, 2.24) is 9.78 Å². The van der Waals surface area contributed by atoms with Crippen LogP contribution >= 0.6 is 11.8 Å². The summed E-state index contributed by atoms with van der Waals surface area (Å²) >= 11 is 1.62. The van der Waals surface area contributed by atoms with Crippen LogP contribution in [0.3, 0.4) is 0 Å². The molecule has 5 heteroatoms. The topological polar surface area (TPSA) is 44.8 Å². The molecule has 0 saturated heterocycles. The summed E-state index contributed by atoms with van der Waals surface area (Å²) < 4.78 is 2.88. The van der Waals surface area contributed by atoms with Gasteiger partial charge < -0.3 is 5.21 Å². The van der Waals surface area contributed by atoms with E-state index in [1.54, 1.807) is 30.2 Å². The highest BCUT2D eigenvalue weighted by Gasteiger charge is 2.03. The number of aryl methyl sites for hydroxylation is 1. The molecule has 0 aliphatic carbocycles. The maximum absolute atomic E-state index is 11.4. The Hall–Kier alpha value is -1.49. The third-order valence-corrected chi connectivity index (χ3v) is 3.73. The van der Waals surface area contributed by atoms with Crippen molar-refractivity contribution in [2.45, 2.75) is 30.8 Å². The molecular formula is C13H17N3OS. The van der Waals surface area contributed by atoms with Crippen LogP contribution < -0.4 is 4.73 Å². The minimum absolute atomic E-state index is 0.782. The van der Waals surface area contributed by atoms with Gasteiger partial charge in [0.05, 0.1) is 0 Å². The van der Waals surface area contributed by atoms with E-state index in [-0.39, 0.29) is 0 Å². The van der Waals surface area contributed by atoms with Gasteiger partial charge in [-0.05, 0) is 25.0 Å². The number of nitrogens with zero attached hydrogens (tertiary/aromatic N) is 3. The second kappa shape index (κ2) is 7.06. The average Bonchev–Trinajstić information content (AvgIpc) is 2.89. The van der Waals surface area contributed by atoms with Crippen LogP contribution in [0.5, 0.6) is 0 Å². The Labute approximate surface area is 111 Å². The van der Waals surface area contributed by atoms with Gasteiger partial charge in [0, 0.05) is 36.8 Å². The molecule has 0 bridgehead atoms. The molecule has 0 N–H and O–H groups in total. The van der Waals surface area contributed by atoms with Crippen molar-refractivity contribution in [3.05, 3.63) is 48.1 Å². The fraction of sp³-hybridized carbons (Fsp3) is 0.385. The zero-order valence-electron chi connectivity index (χ0n) is 10.2. The van der Waals surface area contributed by atoms with E-state index in [2.05, 4.69) is 5.10 Å². The Kier molecular flexibility index (Phi) is 5.08. The van der Waals surface area contributed by atoms with Crippen LogP contribution in [0, 0.1) is 5.21 Å². The molecule has 0 fully saturated rings. The van der Waals surface area contributed by atoms with Crippen LogP contribution in [0.1, 0.15) is 19.3 Å². The average molecular weight is 263 g/mol. The van der Waals surface area contributed by atoms with E-state index >= 15 is 0 Å². The van der Waals surface area contributed by atoms with Gasteiger partial charge in [-0.15, -0.1) is 0 Å². The van der Waals surface area contributed by atoms with Crippen molar-refractivity contribution in [1.29, 1.82) is 0 Å². The van der Waals surface area contributed by atoms with E-state index < -0.39 is 0 Å². The van der Waals surface area contributed by atoms with Crippen LogP contribution in [-0.2, 0) is 6.54 Å². The van der Waals surface area contributed by atoms with E-state index in [1.807, 2.05) is 29.1 Å². The van der Waals surface area contributed by atoms with Gasteiger partial charge in [-0.2, -0.15) is 9.83 Å². The Morgan fingerprint density at radius 1 is 1.22 bits per heavy atom. The van der Waals surface area contributed by atoms with Gasteiger partial charge in [0.1, 0.15) is 0 Å². The van der Waals surface area contributed by atoms with Crippen molar-refractivity contribution in [2.24, 2.45) is 0 Å². The smallest absolute Gasteiger partial charge is 0.251 e. The summed E-state index contributed by atoms with van der Waals surface area (Å²) in [4.78, 5) is 0. The summed E-state index contributed by atoms with van der Waals surface area (Å²) in [7, 11) is 0. The van der Waals surface area contributed by atoms with E-state index in [0.717, 1.165) is 34.9 Å². The molecule has 0 atom stereocenters. The molecule has 2 aromatic rings. The lowest BCUT2D eigenvalue weighted by atomic mass is 10.2. The van der Waals surface area contributed by atoms with Crippen LogP contribution in [0.25, 0.3) is 0 Å². The summed E-state index contributed by atoms with van der Waals surface area (Å²) in [6.07, 6.45) is 8.76. The van der Waals surface area contributed by atoms with Crippen molar-refractivity contribution < 1.29 is 4.73 Å². The van der Waals surface area contributed by atoms with Gasteiger partial charge in [-0.3, -0.25) is 4.68 Å². The normalized spacial score (nSPS) is 10.7. The van der Waals surface area contributed by atoms with Crippen molar-refractivity contribution in [2.75, 3.05) is 5.75 Å². The number of thioether (sulfide) groups is 1. The predicted molar refractivity (Wildman–Crippen MR) is 72.2 cm³/mol.